The summed E-state index contributed by atoms with van der Waals surface area (Å²) >= 11 is 1.44. The fourth-order valence-electron chi connectivity index (χ4n) is 3.12. The highest BCUT2D eigenvalue weighted by atomic mass is 32.2. The molecule has 152 valence electrons. The van der Waals surface area contributed by atoms with E-state index in [1.54, 1.807) is 12.1 Å². The van der Waals surface area contributed by atoms with Crippen molar-refractivity contribution in [1.29, 1.82) is 0 Å². The van der Waals surface area contributed by atoms with Gasteiger partial charge in [0.1, 0.15) is 16.6 Å². The predicted molar refractivity (Wildman–Crippen MR) is 106 cm³/mol. The lowest BCUT2D eigenvalue weighted by molar-refractivity contribution is 0.384. The fourth-order valence-corrected chi connectivity index (χ4v) is 5.50. The van der Waals surface area contributed by atoms with Crippen LogP contribution >= 0.6 is 11.3 Å². The van der Waals surface area contributed by atoms with Gasteiger partial charge in [-0.25, -0.2) is 17.2 Å². The number of anilines is 1. The molecule has 0 spiro atoms. The number of piperazine rings is 1. The molecule has 1 saturated heterocycles. The van der Waals surface area contributed by atoms with Gasteiger partial charge in [0.15, 0.2) is 0 Å². The summed E-state index contributed by atoms with van der Waals surface area (Å²) in [6.45, 7) is 1.51. The van der Waals surface area contributed by atoms with Crippen molar-refractivity contribution in [3.8, 4) is 0 Å². The third-order valence-electron chi connectivity index (χ3n) is 4.67. The maximum atomic E-state index is 13.4. The molecule has 2 aromatic carbocycles. The van der Waals surface area contributed by atoms with E-state index in [-0.39, 0.29) is 23.8 Å². The number of rotatable bonds is 5. The molecule has 1 aliphatic heterocycles. The summed E-state index contributed by atoms with van der Waals surface area (Å²) in [6.07, 6.45) is 0.561. The van der Waals surface area contributed by atoms with E-state index >= 15 is 0 Å². The maximum absolute atomic E-state index is 13.4. The smallest absolute Gasteiger partial charge is 0.243 e. The number of halogens is 2. The van der Waals surface area contributed by atoms with E-state index in [2.05, 4.69) is 10.2 Å². The Kier molecular flexibility index (Phi) is 5.57. The van der Waals surface area contributed by atoms with Crippen molar-refractivity contribution in [3.05, 3.63) is 70.7 Å². The Morgan fingerprint density at radius 3 is 2.34 bits per heavy atom. The van der Waals surface area contributed by atoms with Crippen LogP contribution < -0.4 is 4.90 Å². The Morgan fingerprint density at radius 1 is 0.931 bits per heavy atom. The highest BCUT2D eigenvalue weighted by Gasteiger charge is 2.29. The Labute approximate surface area is 171 Å². The van der Waals surface area contributed by atoms with Crippen LogP contribution in [0.15, 0.2) is 53.4 Å². The number of sulfonamides is 1. The Bertz CT molecular complexity index is 1100. The molecule has 6 nitrogen and oxygen atoms in total. The van der Waals surface area contributed by atoms with Crippen molar-refractivity contribution >= 4 is 26.5 Å². The summed E-state index contributed by atoms with van der Waals surface area (Å²) in [6, 6.07) is 11.3. The van der Waals surface area contributed by atoms with Crippen LogP contribution in [-0.4, -0.2) is 49.1 Å². The van der Waals surface area contributed by atoms with Crippen LogP contribution in [0.1, 0.15) is 10.6 Å². The van der Waals surface area contributed by atoms with E-state index in [9.17, 15) is 17.2 Å². The molecule has 0 atom stereocenters. The zero-order chi connectivity index (χ0) is 20.4. The van der Waals surface area contributed by atoms with Gasteiger partial charge in [0.05, 0.1) is 4.90 Å². The van der Waals surface area contributed by atoms with Gasteiger partial charge in [-0.2, -0.15) is 4.31 Å². The van der Waals surface area contributed by atoms with E-state index in [0.717, 1.165) is 21.8 Å². The largest absolute Gasteiger partial charge is 0.344 e. The predicted octanol–water partition coefficient (Wildman–Crippen LogP) is 2.92. The standard InChI is InChI=1S/C19H18F2N4O2S2/c20-15-6-4-14(5-7-15)12-18-22-23-19(28-18)24-8-10-25(11-9-24)29(26,27)17-3-1-2-16(21)13-17/h1-7,13H,8-12H2. The fraction of sp³-hybridized carbons (Fsp3) is 0.263. The third-order valence-corrected chi connectivity index (χ3v) is 7.55. The first-order valence-corrected chi connectivity index (χ1v) is 11.2. The van der Waals surface area contributed by atoms with Crippen molar-refractivity contribution in [1.82, 2.24) is 14.5 Å². The van der Waals surface area contributed by atoms with Crippen molar-refractivity contribution in [2.24, 2.45) is 0 Å². The average Bonchev–Trinajstić information content (AvgIpc) is 3.18. The summed E-state index contributed by atoms with van der Waals surface area (Å²) in [5.41, 5.74) is 0.945. The molecule has 4 rings (SSSR count). The lowest BCUT2D eigenvalue weighted by Crippen LogP contribution is -2.48. The molecule has 0 unspecified atom stereocenters. The molecule has 10 heteroatoms. The number of nitrogens with zero attached hydrogens (tertiary/aromatic N) is 4. The zero-order valence-corrected chi connectivity index (χ0v) is 17.0. The van der Waals surface area contributed by atoms with Crippen molar-refractivity contribution < 1.29 is 17.2 Å². The second-order valence-electron chi connectivity index (χ2n) is 6.63. The first-order valence-electron chi connectivity index (χ1n) is 8.99. The molecule has 1 fully saturated rings. The summed E-state index contributed by atoms with van der Waals surface area (Å²) in [5, 5.41) is 9.94. The zero-order valence-electron chi connectivity index (χ0n) is 15.3. The summed E-state index contributed by atoms with van der Waals surface area (Å²) in [5.74, 6) is -0.856. The lowest BCUT2D eigenvalue weighted by atomic mass is 10.2. The molecule has 1 aliphatic rings. The van der Waals surface area contributed by atoms with Gasteiger partial charge >= 0.3 is 0 Å². The van der Waals surface area contributed by atoms with Crippen LogP contribution in [0.5, 0.6) is 0 Å². The minimum Gasteiger partial charge on any atom is -0.344 e. The quantitative estimate of drug-likeness (QED) is 0.615. The van der Waals surface area contributed by atoms with Crippen LogP contribution in [0.2, 0.25) is 0 Å². The van der Waals surface area contributed by atoms with E-state index < -0.39 is 15.8 Å². The molecule has 0 bridgehead atoms. The molecule has 3 aromatic rings. The van der Waals surface area contributed by atoms with Crippen molar-refractivity contribution in [3.63, 3.8) is 0 Å². The van der Waals surface area contributed by atoms with Crippen LogP contribution in [0.25, 0.3) is 0 Å². The number of aromatic nitrogens is 2. The van der Waals surface area contributed by atoms with Crippen LogP contribution in [0.4, 0.5) is 13.9 Å². The number of hydrogen-bond acceptors (Lipinski definition) is 6. The van der Waals surface area contributed by atoms with Gasteiger partial charge in [0, 0.05) is 32.6 Å². The minimum atomic E-state index is -3.73. The molecule has 0 N–H and O–H groups in total. The minimum absolute atomic E-state index is 0.0385. The summed E-state index contributed by atoms with van der Waals surface area (Å²) in [7, 11) is -3.73. The normalized spacial score (nSPS) is 15.6. The highest BCUT2D eigenvalue weighted by molar-refractivity contribution is 7.89. The second kappa shape index (κ2) is 8.13. The molecular weight excluding hydrogens is 418 g/mol. The highest BCUT2D eigenvalue weighted by Crippen LogP contribution is 2.25. The van der Waals surface area contributed by atoms with E-state index in [0.29, 0.717) is 19.5 Å². The molecule has 0 aliphatic carbocycles. The number of hydrogen-bond donors (Lipinski definition) is 0. The molecule has 2 heterocycles. The van der Waals surface area contributed by atoms with Gasteiger partial charge in [0.25, 0.3) is 0 Å². The SMILES string of the molecule is O=S(=O)(c1cccc(F)c1)N1CCN(c2nnc(Cc3ccc(F)cc3)s2)CC1. The van der Waals surface area contributed by atoms with Crippen LogP contribution in [0.3, 0.4) is 0 Å². The Morgan fingerprint density at radius 2 is 1.66 bits per heavy atom. The first-order chi connectivity index (χ1) is 13.9. The summed E-state index contributed by atoms with van der Waals surface area (Å²) in [4.78, 5) is 1.95. The summed E-state index contributed by atoms with van der Waals surface area (Å²) < 4.78 is 53.2. The van der Waals surface area contributed by atoms with E-state index in [4.69, 9.17) is 0 Å². The molecule has 0 saturated carbocycles. The monoisotopic (exact) mass is 436 g/mol. The van der Waals surface area contributed by atoms with Crippen molar-refractivity contribution in [2.75, 3.05) is 31.1 Å². The van der Waals surface area contributed by atoms with E-state index in [1.807, 2.05) is 4.90 Å². The Hall–Kier alpha value is -2.43. The Balaban J connectivity index is 1.40. The molecule has 29 heavy (non-hydrogen) atoms. The molecule has 0 radical (unpaired) electrons. The molecular formula is C19H18F2N4O2S2. The van der Waals surface area contributed by atoms with Gasteiger partial charge in [-0.1, -0.05) is 29.5 Å². The molecule has 0 amide bonds. The number of benzene rings is 2. The molecule has 1 aromatic heterocycles. The van der Waals surface area contributed by atoms with Gasteiger partial charge in [0.2, 0.25) is 15.2 Å². The van der Waals surface area contributed by atoms with Crippen molar-refractivity contribution in [2.45, 2.75) is 11.3 Å². The third kappa shape index (κ3) is 4.44. The average molecular weight is 437 g/mol. The second-order valence-corrected chi connectivity index (χ2v) is 9.61. The van der Waals surface area contributed by atoms with E-state index in [1.165, 1.54) is 46.0 Å². The van der Waals surface area contributed by atoms with Gasteiger partial charge in [-0.05, 0) is 35.9 Å². The first kappa shape index (κ1) is 19.9. The maximum Gasteiger partial charge on any atom is 0.243 e. The lowest BCUT2D eigenvalue weighted by Gasteiger charge is -2.33. The van der Waals surface area contributed by atoms with Gasteiger partial charge in [-0.15, -0.1) is 10.2 Å². The van der Waals surface area contributed by atoms with Gasteiger partial charge in [-0.3, -0.25) is 0 Å². The topological polar surface area (TPSA) is 66.4 Å². The van der Waals surface area contributed by atoms with Crippen LogP contribution in [0, 0.1) is 11.6 Å². The van der Waals surface area contributed by atoms with Crippen LogP contribution in [-0.2, 0) is 16.4 Å². The van der Waals surface area contributed by atoms with Gasteiger partial charge < -0.3 is 4.90 Å².